The van der Waals surface area contributed by atoms with Crippen LogP contribution in [0.25, 0.3) is 11.0 Å². The number of nitrogens with zero attached hydrogens (tertiary/aromatic N) is 2. The average Bonchev–Trinajstić information content (AvgIpc) is 2.65. The van der Waals surface area contributed by atoms with Crippen molar-refractivity contribution in [2.24, 2.45) is 0 Å². The van der Waals surface area contributed by atoms with Crippen LogP contribution in [0.4, 0.5) is 0 Å². The van der Waals surface area contributed by atoms with Gasteiger partial charge in [0.25, 0.3) is 5.91 Å². The van der Waals surface area contributed by atoms with Crippen LogP contribution >= 0.6 is 0 Å². The molecule has 0 bridgehead atoms. The highest BCUT2D eigenvalue weighted by Gasteiger charge is 2.10. The molecule has 0 fully saturated rings. The predicted octanol–water partition coefficient (Wildman–Crippen LogP) is 2.45. The first-order valence-electron chi connectivity index (χ1n) is 7.53. The van der Waals surface area contributed by atoms with E-state index < -0.39 is 0 Å². The lowest BCUT2D eigenvalue weighted by molar-refractivity contribution is 0.0948. The van der Waals surface area contributed by atoms with Crippen molar-refractivity contribution in [2.45, 2.75) is 0 Å². The molecule has 0 unspecified atom stereocenters. The molecule has 24 heavy (non-hydrogen) atoms. The number of para-hydroxylation sites is 1. The third-order valence-corrected chi connectivity index (χ3v) is 3.46. The number of aromatic nitrogens is 2. The lowest BCUT2D eigenvalue weighted by Crippen LogP contribution is -2.28. The van der Waals surface area contributed by atoms with E-state index in [-0.39, 0.29) is 5.91 Å². The molecule has 0 aliphatic rings. The van der Waals surface area contributed by atoms with Gasteiger partial charge >= 0.3 is 0 Å². The summed E-state index contributed by atoms with van der Waals surface area (Å²) in [6, 6.07) is 12.6. The Morgan fingerprint density at radius 1 is 1.04 bits per heavy atom. The van der Waals surface area contributed by atoms with E-state index in [0.29, 0.717) is 29.7 Å². The summed E-state index contributed by atoms with van der Waals surface area (Å²) in [5.41, 5.74) is 1.79. The summed E-state index contributed by atoms with van der Waals surface area (Å²) >= 11 is 0. The number of methoxy groups -OCH3 is 1. The van der Waals surface area contributed by atoms with Gasteiger partial charge in [-0.2, -0.15) is 0 Å². The van der Waals surface area contributed by atoms with Crippen molar-refractivity contribution in [3.63, 3.8) is 0 Å². The lowest BCUT2D eigenvalue weighted by atomic mass is 10.1. The normalized spacial score (nSPS) is 10.4. The fourth-order valence-corrected chi connectivity index (χ4v) is 2.28. The molecule has 0 atom stereocenters. The van der Waals surface area contributed by atoms with Crippen LogP contribution < -0.4 is 14.8 Å². The largest absolute Gasteiger partial charge is 0.497 e. The van der Waals surface area contributed by atoms with Crippen LogP contribution in [-0.2, 0) is 0 Å². The number of nitrogens with one attached hydrogen (secondary N) is 1. The Balaban J connectivity index is 1.55. The van der Waals surface area contributed by atoms with E-state index in [9.17, 15) is 4.79 Å². The summed E-state index contributed by atoms with van der Waals surface area (Å²) in [6.07, 6.45) is 3.18. The molecule has 0 spiro atoms. The smallest absolute Gasteiger partial charge is 0.253 e. The van der Waals surface area contributed by atoms with Crippen LogP contribution in [0.15, 0.2) is 54.9 Å². The van der Waals surface area contributed by atoms with E-state index in [1.807, 2.05) is 30.3 Å². The van der Waals surface area contributed by atoms with Gasteiger partial charge in [-0.15, -0.1) is 0 Å². The Hall–Kier alpha value is -3.15. The van der Waals surface area contributed by atoms with E-state index in [0.717, 1.165) is 11.5 Å². The van der Waals surface area contributed by atoms with Gasteiger partial charge in [-0.3, -0.25) is 14.8 Å². The Morgan fingerprint density at radius 2 is 1.79 bits per heavy atom. The zero-order valence-electron chi connectivity index (χ0n) is 13.2. The average molecular weight is 323 g/mol. The first-order valence-corrected chi connectivity index (χ1v) is 7.53. The molecule has 3 aromatic rings. The summed E-state index contributed by atoms with van der Waals surface area (Å²) in [5, 5.41) is 2.83. The van der Waals surface area contributed by atoms with Crippen LogP contribution in [0.5, 0.6) is 11.5 Å². The Bertz CT molecular complexity index is 829. The molecule has 6 heteroatoms. The highest BCUT2D eigenvalue weighted by Crippen LogP contribution is 2.17. The molecular weight excluding hydrogens is 306 g/mol. The Kier molecular flexibility index (Phi) is 4.86. The van der Waals surface area contributed by atoms with Gasteiger partial charge in [-0.25, -0.2) is 0 Å². The number of rotatable bonds is 6. The Labute approximate surface area is 139 Å². The van der Waals surface area contributed by atoms with Crippen molar-refractivity contribution in [1.82, 2.24) is 15.3 Å². The molecule has 0 saturated heterocycles. The molecule has 0 aliphatic carbocycles. The summed E-state index contributed by atoms with van der Waals surface area (Å²) in [4.78, 5) is 20.7. The maximum Gasteiger partial charge on any atom is 0.253 e. The standard InChI is InChI=1S/C18H17N3O3/c1-23-13-5-7-14(8-6-13)24-12-11-21-18(22)15-3-2-4-16-17(15)20-10-9-19-16/h2-10H,11-12H2,1H3,(H,21,22). The minimum Gasteiger partial charge on any atom is -0.497 e. The van der Waals surface area contributed by atoms with Crippen LogP contribution in [0, 0.1) is 0 Å². The van der Waals surface area contributed by atoms with E-state index in [1.165, 1.54) is 0 Å². The van der Waals surface area contributed by atoms with Crippen molar-refractivity contribution in [3.8, 4) is 11.5 Å². The molecule has 1 heterocycles. The minimum atomic E-state index is -0.195. The highest BCUT2D eigenvalue weighted by molar-refractivity contribution is 6.04. The predicted molar refractivity (Wildman–Crippen MR) is 90.4 cm³/mol. The summed E-state index contributed by atoms with van der Waals surface area (Å²) in [6.45, 7) is 0.760. The van der Waals surface area contributed by atoms with Gasteiger partial charge in [0.05, 0.1) is 24.7 Å². The number of fused-ring (bicyclic) bond motifs is 1. The monoisotopic (exact) mass is 323 g/mol. The molecule has 0 aliphatic heterocycles. The van der Waals surface area contributed by atoms with Crippen LogP contribution in [0.1, 0.15) is 10.4 Å². The van der Waals surface area contributed by atoms with E-state index in [2.05, 4.69) is 15.3 Å². The van der Waals surface area contributed by atoms with Crippen molar-refractivity contribution >= 4 is 16.9 Å². The lowest BCUT2D eigenvalue weighted by Gasteiger charge is -2.09. The van der Waals surface area contributed by atoms with Crippen molar-refractivity contribution < 1.29 is 14.3 Å². The molecule has 0 saturated carbocycles. The number of amides is 1. The summed E-state index contributed by atoms with van der Waals surface area (Å²) in [5.74, 6) is 1.30. The van der Waals surface area contributed by atoms with Crippen LogP contribution in [0.2, 0.25) is 0 Å². The molecule has 6 nitrogen and oxygen atoms in total. The van der Waals surface area contributed by atoms with Gasteiger partial charge < -0.3 is 14.8 Å². The molecule has 122 valence electrons. The minimum absolute atomic E-state index is 0.195. The van der Waals surface area contributed by atoms with Crippen molar-refractivity contribution in [1.29, 1.82) is 0 Å². The third kappa shape index (κ3) is 3.60. The first-order chi connectivity index (χ1) is 11.8. The maximum absolute atomic E-state index is 12.3. The van der Waals surface area contributed by atoms with Gasteiger partial charge in [0.15, 0.2) is 0 Å². The Morgan fingerprint density at radius 3 is 2.58 bits per heavy atom. The van der Waals surface area contributed by atoms with Crippen LogP contribution in [-0.4, -0.2) is 36.1 Å². The van der Waals surface area contributed by atoms with Gasteiger partial charge in [0, 0.05) is 12.4 Å². The van der Waals surface area contributed by atoms with Crippen molar-refractivity contribution in [3.05, 3.63) is 60.4 Å². The molecule has 2 aromatic carbocycles. The number of carbonyl (C=O) groups is 1. The second-order valence-electron chi connectivity index (χ2n) is 5.01. The van der Waals surface area contributed by atoms with Gasteiger partial charge in [-0.1, -0.05) is 6.07 Å². The molecule has 1 aromatic heterocycles. The van der Waals surface area contributed by atoms with Gasteiger partial charge in [-0.05, 0) is 36.4 Å². The van der Waals surface area contributed by atoms with Crippen molar-refractivity contribution in [2.75, 3.05) is 20.3 Å². The maximum atomic E-state index is 12.3. The molecule has 1 N–H and O–H groups in total. The second-order valence-corrected chi connectivity index (χ2v) is 5.01. The summed E-state index contributed by atoms with van der Waals surface area (Å²) in [7, 11) is 1.61. The third-order valence-electron chi connectivity index (χ3n) is 3.46. The highest BCUT2D eigenvalue weighted by atomic mass is 16.5. The number of hydrogen-bond donors (Lipinski definition) is 1. The first kappa shape index (κ1) is 15.7. The van der Waals surface area contributed by atoms with E-state index in [4.69, 9.17) is 9.47 Å². The fourth-order valence-electron chi connectivity index (χ4n) is 2.28. The molecule has 3 rings (SSSR count). The number of hydrogen-bond acceptors (Lipinski definition) is 5. The summed E-state index contributed by atoms with van der Waals surface area (Å²) < 4.78 is 10.7. The van der Waals surface area contributed by atoms with Gasteiger partial charge in [0.2, 0.25) is 0 Å². The van der Waals surface area contributed by atoms with E-state index >= 15 is 0 Å². The zero-order valence-corrected chi connectivity index (χ0v) is 13.2. The molecular formula is C18H17N3O3. The topological polar surface area (TPSA) is 73.3 Å². The quantitative estimate of drug-likeness (QED) is 0.705. The molecule has 0 radical (unpaired) electrons. The number of ether oxygens (including phenoxy) is 2. The van der Waals surface area contributed by atoms with E-state index in [1.54, 1.807) is 31.6 Å². The fraction of sp³-hybridized carbons (Fsp3) is 0.167. The zero-order chi connectivity index (χ0) is 16.8. The number of benzene rings is 2. The number of carbonyl (C=O) groups excluding carboxylic acids is 1. The van der Waals surface area contributed by atoms with Gasteiger partial charge in [0.1, 0.15) is 23.6 Å². The SMILES string of the molecule is COc1ccc(OCCNC(=O)c2cccc3nccnc23)cc1. The molecule has 1 amide bonds. The second kappa shape index (κ2) is 7.41. The van der Waals surface area contributed by atoms with Crippen LogP contribution in [0.3, 0.4) is 0 Å².